The lowest BCUT2D eigenvalue weighted by Crippen LogP contribution is -2.59. The van der Waals surface area contributed by atoms with Gasteiger partial charge in [-0.2, -0.15) is 0 Å². The average Bonchev–Trinajstić information content (AvgIpc) is 3.60. The summed E-state index contributed by atoms with van der Waals surface area (Å²) in [6, 6.07) is 10.7. The summed E-state index contributed by atoms with van der Waals surface area (Å²) in [5.41, 5.74) is 4.06. The third-order valence-corrected chi connectivity index (χ3v) is 12.1. The first kappa shape index (κ1) is 35.0. The predicted molar refractivity (Wildman–Crippen MR) is 191 cm³/mol. The summed E-state index contributed by atoms with van der Waals surface area (Å²) in [6.07, 6.45) is 15.2. The molecule has 3 aliphatic rings. The first-order valence-electron chi connectivity index (χ1n) is 17.5. The fourth-order valence-electron chi connectivity index (χ4n) is 7.34. The first-order valence-corrected chi connectivity index (χ1v) is 18.4. The number of aromatic nitrogens is 2. The molecule has 1 saturated carbocycles. The largest absolute Gasteiger partial charge is 0.481 e. The number of carboxylic acid groups (broad SMARTS) is 1. The van der Waals surface area contributed by atoms with Gasteiger partial charge >= 0.3 is 5.97 Å². The van der Waals surface area contributed by atoms with E-state index in [1.807, 2.05) is 49.8 Å². The highest BCUT2D eigenvalue weighted by Gasteiger charge is 2.39. The normalized spacial score (nSPS) is 22.2. The van der Waals surface area contributed by atoms with Crippen molar-refractivity contribution in [3.05, 3.63) is 75.7 Å². The number of ether oxygens (including phenoxy) is 1. The molecule has 0 spiro atoms. The molecule has 260 valence electrons. The molecule has 2 N–H and O–H groups in total. The number of rotatable bonds is 10. The molecule has 1 unspecified atom stereocenters. The molecule has 2 fully saturated rings. The lowest BCUT2D eigenvalue weighted by Gasteiger charge is -2.38. The second kappa shape index (κ2) is 14.9. The monoisotopic (exact) mass is 684 g/mol. The number of aliphatic carboxylic acids is 1. The van der Waals surface area contributed by atoms with Crippen molar-refractivity contribution in [2.45, 2.75) is 89.7 Å². The van der Waals surface area contributed by atoms with Crippen LogP contribution in [0, 0.1) is 17.8 Å². The van der Waals surface area contributed by atoms with E-state index in [2.05, 4.69) is 32.2 Å². The molecule has 0 radical (unpaired) electrons. The Morgan fingerprint density at radius 1 is 0.959 bits per heavy atom. The van der Waals surface area contributed by atoms with Gasteiger partial charge in [-0.25, -0.2) is 9.97 Å². The van der Waals surface area contributed by atoms with Crippen LogP contribution >= 0.6 is 11.3 Å². The maximum Gasteiger partial charge on any atom is 0.310 e. The highest BCUT2D eigenvalue weighted by molar-refractivity contribution is 7.14. The van der Waals surface area contributed by atoms with Crippen molar-refractivity contribution in [1.29, 1.82) is 0 Å². The molecule has 2 aliphatic carbocycles. The van der Waals surface area contributed by atoms with Crippen molar-refractivity contribution in [2.75, 3.05) is 20.2 Å². The second-order valence-electron chi connectivity index (χ2n) is 15.0. The number of methoxy groups -OCH3 is 1. The van der Waals surface area contributed by atoms with E-state index in [0.29, 0.717) is 16.8 Å². The molecular weight excluding hydrogens is 637 g/mol. The van der Waals surface area contributed by atoms with Gasteiger partial charge in [0.25, 0.3) is 5.91 Å². The molecule has 0 bridgehead atoms. The summed E-state index contributed by atoms with van der Waals surface area (Å²) >= 11 is 1.42. The van der Waals surface area contributed by atoms with Crippen LogP contribution in [0.3, 0.4) is 0 Å². The smallest absolute Gasteiger partial charge is 0.310 e. The Labute approximate surface area is 293 Å². The van der Waals surface area contributed by atoms with Gasteiger partial charge in [0.1, 0.15) is 6.04 Å². The summed E-state index contributed by atoms with van der Waals surface area (Å²) in [4.78, 5) is 50.7. The number of nitrogens with zero attached hydrogens (tertiary/aromatic N) is 3. The number of nitrogens with one attached hydrogen (secondary N) is 1. The van der Waals surface area contributed by atoms with E-state index in [1.54, 1.807) is 6.07 Å². The molecule has 10 heteroatoms. The van der Waals surface area contributed by atoms with Crippen LogP contribution in [0.4, 0.5) is 0 Å². The van der Waals surface area contributed by atoms with Crippen molar-refractivity contribution in [3.8, 4) is 11.4 Å². The van der Waals surface area contributed by atoms with Crippen LogP contribution in [0.2, 0.25) is 0 Å². The Morgan fingerprint density at radius 3 is 2.22 bits per heavy atom. The maximum absolute atomic E-state index is 13.5. The van der Waals surface area contributed by atoms with Gasteiger partial charge in [0, 0.05) is 55.0 Å². The minimum atomic E-state index is -0.913. The molecule has 9 nitrogen and oxygen atoms in total. The Morgan fingerprint density at radius 2 is 1.65 bits per heavy atom. The number of hydrogen-bond acceptors (Lipinski definition) is 7. The van der Waals surface area contributed by atoms with Crippen molar-refractivity contribution in [3.63, 3.8) is 0 Å². The molecule has 1 saturated heterocycles. The van der Waals surface area contributed by atoms with E-state index in [-0.39, 0.29) is 36.7 Å². The van der Waals surface area contributed by atoms with Crippen LogP contribution in [0.25, 0.3) is 17.0 Å². The van der Waals surface area contributed by atoms with E-state index in [1.165, 1.54) is 53.9 Å². The third kappa shape index (κ3) is 8.29. The molecule has 2 atom stereocenters. The molecule has 3 aromatic rings. The highest BCUT2D eigenvalue weighted by atomic mass is 32.1. The molecule has 2 aromatic heterocycles. The van der Waals surface area contributed by atoms with Gasteiger partial charge in [0.15, 0.2) is 5.82 Å². The fourth-order valence-corrected chi connectivity index (χ4v) is 8.30. The van der Waals surface area contributed by atoms with Crippen molar-refractivity contribution in [1.82, 2.24) is 20.2 Å². The number of carboxylic acids is 1. The molecule has 2 amide bonds. The van der Waals surface area contributed by atoms with Crippen LogP contribution in [-0.4, -0.2) is 70.1 Å². The van der Waals surface area contributed by atoms with Crippen LogP contribution in [0.5, 0.6) is 0 Å². The third-order valence-electron chi connectivity index (χ3n) is 10.6. The lowest BCUT2D eigenvalue weighted by molar-refractivity contribution is -0.153. The number of allylic oxidation sites excluding steroid dienone is 2. The van der Waals surface area contributed by atoms with E-state index in [9.17, 15) is 19.5 Å². The van der Waals surface area contributed by atoms with E-state index < -0.39 is 17.9 Å². The van der Waals surface area contributed by atoms with Gasteiger partial charge in [0.05, 0.1) is 16.9 Å². The van der Waals surface area contributed by atoms with Gasteiger partial charge in [-0.05, 0) is 85.5 Å². The van der Waals surface area contributed by atoms with Crippen molar-refractivity contribution < 1.29 is 24.2 Å². The minimum absolute atomic E-state index is 0.0891. The first-order chi connectivity index (χ1) is 23.5. The van der Waals surface area contributed by atoms with E-state index >= 15 is 0 Å². The lowest BCUT2D eigenvalue weighted by atomic mass is 9.73. The zero-order valence-electron chi connectivity index (χ0n) is 29.0. The van der Waals surface area contributed by atoms with Crippen LogP contribution in [0.1, 0.15) is 91.4 Å². The quantitative estimate of drug-likeness (QED) is 0.242. The minimum Gasteiger partial charge on any atom is -0.481 e. The van der Waals surface area contributed by atoms with Crippen molar-refractivity contribution >= 4 is 34.7 Å². The number of benzene rings is 1. The second-order valence-corrected chi connectivity index (χ2v) is 16.0. The molecule has 3 heterocycles. The fraction of sp³-hybridized carbons (Fsp3) is 0.513. The maximum atomic E-state index is 13.5. The van der Waals surface area contributed by atoms with Crippen molar-refractivity contribution in [2.24, 2.45) is 17.8 Å². The van der Waals surface area contributed by atoms with Gasteiger partial charge in [-0.15, -0.1) is 11.3 Å². The van der Waals surface area contributed by atoms with Gasteiger partial charge in [0.2, 0.25) is 5.91 Å². The topological polar surface area (TPSA) is 122 Å². The Hall–Kier alpha value is -3.89. The molecule has 49 heavy (non-hydrogen) atoms. The van der Waals surface area contributed by atoms with Gasteiger partial charge < -0.3 is 20.1 Å². The zero-order chi connectivity index (χ0) is 34.7. The van der Waals surface area contributed by atoms with E-state index in [4.69, 9.17) is 14.7 Å². The Balaban J connectivity index is 1.09. The number of thiophene rings is 1. The number of amides is 2. The standard InChI is InChI=1S/C39H48N4O5S/c1-39(2,3)34-18-17-33(49-34)36(44)42-32(37(45)43-22-30(23-43)38(46)47)19-24-5-7-28(8-6-24)35-40-20-29(21-41-35)27-11-9-25(10-12-27)26-13-15-31(48-4)16-14-26/h5-8,11,17-18,20-21,25-26,30-32H,9-10,12-16,19,22-23H2,1-4H3,(H,42,44)(H,46,47)/t25?,26?,31?,32-/m0/s1. The predicted octanol–water partition coefficient (Wildman–Crippen LogP) is 6.78. The highest BCUT2D eigenvalue weighted by Crippen LogP contribution is 2.40. The Bertz CT molecular complexity index is 1660. The SMILES string of the molecule is COC1CCC(C2CC=C(c3cnc(-c4ccc(C[C@H](NC(=O)c5ccc(C(C)(C)C)s5)C(=O)N5CC(C(=O)O)C5)cc4)nc3)CC2)CC1. The zero-order valence-corrected chi connectivity index (χ0v) is 29.8. The molecular formula is C39H48N4O5S. The number of likely N-dealkylation sites (tertiary alicyclic amines) is 1. The van der Waals surface area contributed by atoms with E-state index in [0.717, 1.165) is 46.2 Å². The van der Waals surface area contributed by atoms with Crippen LogP contribution < -0.4 is 5.32 Å². The number of carbonyl (C=O) groups is 3. The summed E-state index contributed by atoms with van der Waals surface area (Å²) in [5, 5.41) is 12.3. The van der Waals surface area contributed by atoms with Gasteiger partial charge in [-0.1, -0.05) is 51.1 Å². The Kier molecular flexibility index (Phi) is 10.6. The van der Waals surface area contributed by atoms with Crippen LogP contribution in [-0.2, 0) is 26.2 Å². The number of hydrogen-bond donors (Lipinski definition) is 2. The summed E-state index contributed by atoms with van der Waals surface area (Å²) in [5.74, 6) is 0.124. The summed E-state index contributed by atoms with van der Waals surface area (Å²) in [6.45, 7) is 6.58. The average molecular weight is 685 g/mol. The molecule has 6 rings (SSSR count). The molecule has 1 aliphatic heterocycles. The molecule has 1 aromatic carbocycles. The van der Waals surface area contributed by atoms with Crippen LogP contribution in [0.15, 0.2) is 54.9 Å². The summed E-state index contributed by atoms with van der Waals surface area (Å²) < 4.78 is 5.56. The van der Waals surface area contributed by atoms with Gasteiger partial charge in [-0.3, -0.25) is 14.4 Å². The summed E-state index contributed by atoms with van der Waals surface area (Å²) in [7, 11) is 1.83. The number of carbonyl (C=O) groups excluding carboxylic acids is 2.